The minimum Gasteiger partial charge on any atom is -0.494 e. The van der Waals surface area contributed by atoms with Crippen LogP contribution in [0.25, 0.3) is 10.8 Å². The van der Waals surface area contributed by atoms with Crippen LogP contribution in [-0.2, 0) is 18.3 Å². The van der Waals surface area contributed by atoms with E-state index in [4.69, 9.17) is 14.5 Å². The number of aryl methyl sites for hydroxylation is 1. The highest BCUT2D eigenvalue weighted by Crippen LogP contribution is 2.20. The maximum atomic E-state index is 5.94. The molecule has 0 amide bonds. The molecule has 1 saturated heterocycles. The third kappa shape index (κ3) is 7.29. The predicted molar refractivity (Wildman–Crippen MR) is 141 cm³/mol. The number of fused-ring (bicyclic) bond motifs is 1. The van der Waals surface area contributed by atoms with Gasteiger partial charge in [0.25, 0.3) is 0 Å². The summed E-state index contributed by atoms with van der Waals surface area (Å²) in [4.78, 5) is 4.69. The molecule has 1 fully saturated rings. The molecule has 2 heterocycles. The topological polar surface area (TPSA) is 85.6 Å². The first kappa shape index (κ1) is 25.2. The summed E-state index contributed by atoms with van der Waals surface area (Å²) >= 11 is 0. The molecule has 3 aromatic rings. The highest BCUT2D eigenvalue weighted by atomic mass is 127. The molecule has 1 aliphatic rings. The number of halogens is 1. The van der Waals surface area contributed by atoms with Gasteiger partial charge in [0.2, 0.25) is 0 Å². The minimum absolute atomic E-state index is 0. The number of benzene rings is 2. The van der Waals surface area contributed by atoms with Crippen molar-refractivity contribution in [1.82, 2.24) is 25.4 Å². The monoisotopic (exact) mass is 564 g/mol. The van der Waals surface area contributed by atoms with Crippen LogP contribution >= 0.6 is 24.0 Å². The standard InChI is InChI=1S/C24H32N6O2.HI/c1-18-28-29-23(30(18)2)17-27-24(26-16-22-9-5-13-32-22)25-12-6-14-31-21-11-10-19-7-3-4-8-20(19)15-21;/h3-4,7-8,10-11,15,22H,5-6,9,12-14,16-17H2,1-2H3,(H2,25,26,27);1H. The van der Waals surface area contributed by atoms with Crippen molar-refractivity contribution in [3.05, 3.63) is 54.1 Å². The Morgan fingerprint density at radius 2 is 2.03 bits per heavy atom. The van der Waals surface area contributed by atoms with Crippen LogP contribution in [0.15, 0.2) is 47.5 Å². The SMILES string of the molecule is Cc1nnc(CN=C(NCCCOc2ccc3ccccc3c2)NCC2CCCO2)n1C.I. The van der Waals surface area contributed by atoms with E-state index in [0.717, 1.165) is 62.3 Å². The smallest absolute Gasteiger partial charge is 0.191 e. The molecule has 0 aliphatic carbocycles. The number of ether oxygens (including phenoxy) is 2. The fraction of sp³-hybridized carbons (Fsp3) is 0.458. The summed E-state index contributed by atoms with van der Waals surface area (Å²) in [6.45, 7) is 5.37. The van der Waals surface area contributed by atoms with Crippen LogP contribution < -0.4 is 15.4 Å². The fourth-order valence-electron chi connectivity index (χ4n) is 3.65. The zero-order valence-electron chi connectivity index (χ0n) is 19.3. The maximum absolute atomic E-state index is 5.94. The van der Waals surface area contributed by atoms with Gasteiger partial charge in [0.15, 0.2) is 11.8 Å². The van der Waals surface area contributed by atoms with Crippen molar-refractivity contribution in [2.45, 2.75) is 38.8 Å². The molecule has 0 saturated carbocycles. The quantitative estimate of drug-likeness (QED) is 0.179. The van der Waals surface area contributed by atoms with E-state index in [1.807, 2.05) is 36.7 Å². The van der Waals surface area contributed by atoms with Gasteiger partial charge in [-0.3, -0.25) is 0 Å². The van der Waals surface area contributed by atoms with Crippen LogP contribution in [0.5, 0.6) is 5.75 Å². The summed E-state index contributed by atoms with van der Waals surface area (Å²) in [5.74, 6) is 3.36. The van der Waals surface area contributed by atoms with Crippen LogP contribution in [0.3, 0.4) is 0 Å². The molecular formula is C24H33IN6O2. The van der Waals surface area contributed by atoms with Crippen molar-refractivity contribution in [2.75, 3.05) is 26.3 Å². The van der Waals surface area contributed by atoms with Crippen molar-refractivity contribution in [2.24, 2.45) is 12.0 Å². The van der Waals surface area contributed by atoms with Crippen LogP contribution in [-0.4, -0.2) is 53.1 Å². The van der Waals surface area contributed by atoms with Crippen LogP contribution in [0.1, 0.15) is 30.9 Å². The van der Waals surface area contributed by atoms with Crippen LogP contribution in [0.4, 0.5) is 0 Å². The lowest BCUT2D eigenvalue weighted by atomic mass is 10.1. The molecule has 8 nitrogen and oxygen atoms in total. The molecule has 4 rings (SSSR count). The molecule has 1 aromatic heterocycles. The predicted octanol–water partition coefficient (Wildman–Crippen LogP) is 3.58. The molecule has 9 heteroatoms. The Morgan fingerprint density at radius 3 is 2.79 bits per heavy atom. The summed E-state index contributed by atoms with van der Waals surface area (Å²) in [7, 11) is 1.96. The number of guanidine groups is 1. The second-order valence-electron chi connectivity index (χ2n) is 8.04. The van der Waals surface area contributed by atoms with Gasteiger partial charge >= 0.3 is 0 Å². The second kappa shape index (κ2) is 12.7. The van der Waals surface area contributed by atoms with Gasteiger partial charge in [-0.2, -0.15) is 0 Å². The molecule has 0 bridgehead atoms. The van der Waals surface area contributed by atoms with Crippen molar-refractivity contribution < 1.29 is 9.47 Å². The largest absolute Gasteiger partial charge is 0.494 e. The van der Waals surface area contributed by atoms with E-state index in [9.17, 15) is 0 Å². The van der Waals surface area contributed by atoms with Gasteiger partial charge in [-0.15, -0.1) is 34.2 Å². The van der Waals surface area contributed by atoms with Gasteiger partial charge in [0.1, 0.15) is 18.1 Å². The van der Waals surface area contributed by atoms with E-state index < -0.39 is 0 Å². The molecular weight excluding hydrogens is 531 g/mol. The summed E-state index contributed by atoms with van der Waals surface area (Å²) in [5.41, 5.74) is 0. The second-order valence-corrected chi connectivity index (χ2v) is 8.04. The average molecular weight is 564 g/mol. The lowest BCUT2D eigenvalue weighted by molar-refractivity contribution is 0.113. The Bertz CT molecular complexity index is 1050. The maximum Gasteiger partial charge on any atom is 0.191 e. The zero-order valence-corrected chi connectivity index (χ0v) is 21.6. The van der Waals surface area contributed by atoms with Gasteiger partial charge in [0, 0.05) is 26.7 Å². The summed E-state index contributed by atoms with van der Waals surface area (Å²) in [6, 6.07) is 14.5. The van der Waals surface area contributed by atoms with E-state index >= 15 is 0 Å². The van der Waals surface area contributed by atoms with E-state index in [0.29, 0.717) is 13.2 Å². The fourth-order valence-corrected chi connectivity index (χ4v) is 3.65. The molecule has 33 heavy (non-hydrogen) atoms. The van der Waals surface area contributed by atoms with Gasteiger partial charge in [0.05, 0.1) is 12.7 Å². The first-order valence-corrected chi connectivity index (χ1v) is 11.3. The Hall–Kier alpha value is -2.40. The molecule has 1 atom stereocenters. The van der Waals surface area contributed by atoms with E-state index in [-0.39, 0.29) is 30.1 Å². The molecule has 0 radical (unpaired) electrons. The lowest BCUT2D eigenvalue weighted by Gasteiger charge is -2.16. The summed E-state index contributed by atoms with van der Waals surface area (Å²) in [5, 5.41) is 17.5. The molecule has 0 spiro atoms. The number of hydrogen-bond donors (Lipinski definition) is 2. The van der Waals surface area contributed by atoms with Gasteiger partial charge < -0.3 is 24.7 Å². The number of hydrogen-bond acceptors (Lipinski definition) is 5. The Morgan fingerprint density at radius 1 is 1.18 bits per heavy atom. The number of rotatable bonds is 9. The molecule has 1 unspecified atom stereocenters. The third-order valence-corrected chi connectivity index (χ3v) is 5.69. The molecule has 2 aromatic carbocycles. The third-order valence-electron chi connectivity index (χ3n) is 5.69. The Kier molecular flexibility index (Phi) is 9.74. The highest BCUT2D eigenvalue weighted by molar-refractivity contribution is 14.0. The van der Waals surface area contributed by atoms with E-state index in [1.165, 1.54) is 10.8 Å². The van der Waals surface area contributed by atoms with Crippen molar-refractivity contribution >= 4 is 40.7 Å². The van der Waals surface area contributed by atoms with Crippen molar-refractivity contribution in [3.63, 3.8) is 0 Å². The number of nitrogens with one attached hydrogen (secondary N) is 2. The minimum atomic E-state index is 0. The first-order chi connectivity index (χ1) is 15.7. The van der Waals surface area contributed by atoms with E-state index in [2.05, 4.69) is 45.1 Å². The number of aliphatic imine (C=N–C) groups is 1. The summed E-state index contributed by atoms with van der Waals surface area (Å²) < 4.78 is 13.6. The van der Waals surface area contributed by atoms with Gasteiger partial charge in [-0.1, -0.05) is 30.3 Å². The molecule has 178 valence electrons. The molecule has 1 aliphatic heterocycles. The van der Waals surface area contributed by atoms with E-state index in [1.54, 1.807) is 0 Å². The average Bonchev–Trinajstić information content (AvgIpc) is 3.45. The summed E-state index contributed by atoms with van der Waals surface area (Å²) in [6.07, 6.45) is 3.31. The molecule has 2 N–H and O–H groups in total. The first-order valence-electron chi connectivity index (χ1n) is 11.3. The number of nitrogens with zero attached hydrogens (tertiary/aromatic N) is 4. The highest BCUT2D eigenvalue weighted by Gasteiger charge is 2.15. The lowest BCUT2D eigenvalue weighted by Crippen LogP contribution is -2.41. The Balaban J connectivity index is 0.00000306. The van der Waals surface area contributed by atoms with Crippen molar-refractivity contribution in [3.8, 4) is 5.75 Å². The van der Waals surface area contributed by atoms with Gasteiger partial charge in [-0.25, -0.2) is 4.99 Å². The van der Waals surface area contributed by atoms with Crippen LogP contribution in [0.2, 0.25) is 0 Å². The van der Waals surface area contributed by atoms with Crippen LogP contribution in [0, 0.1) is 6.92 Å². The normalized spacial score (nSPS) is 15.9. The zero-order chi connectivity index (χ0) is 22.2. The van der Waals surface area contributed by atoms with Gasteiger partial charge in [-0.05, 0) is 49.1 Å². The Labute approximate surface area is 212 Å². The van der Waals surface area contributed by atoms with Crippen molar-refractivity contribution in [1.29, 1.82) is 0 Å². The number of aromatic nitrogens is 3.